The molecule has 0 N–H and O–H groups in total. The molecule has 0 amide bonds. The van der Waals surface area contributed by atoms with Crippen LogP contribution in [-0.4, -0.2) is 0 Å². The van der Waals surface area contributed by atoms with Crippen molar-refractivity contribution in [2.24, 2.45) is 5.92 Å². The molecule has 3 rings (SSSR count). The summed E-state index contributed by atoms with van der Waals surface area (Å²) >= 11 is 1.94. The van der Waals surface area contributed by atoms with Crippen molar-refractivity contribution in [1.29, 1.82) is 0 Å². The van der Waals surface area contributed by atoms with E-state index in [2.05, 4.69) is 57.2 Å². The molecule has 0 saturated carbocycles. The Morgan fingerprint density at radius 1 is 1.11 bits per heavy atom. The zero-order valence-electron chi connectivity index (χ0n) is 11.2. The fourth-order valence-corrected chi connectivity index (χ4v) is 3.86. The summed E-state index contributed by atoms with van der Waals surface area (Å²) in [5.41, 5.74) is 5.97. The summed E-state index contributed by atoms with van der Waals surface area (Å²) in [6, 6.07) is 10.8. The molecule has 1 aromatic heterocycles. The Labute approximate surface area is 113 Å². The maximum atomic E-state index is 2.41. The van der Waals surface area contributed by atoms with Gasteiger partial charge in [0.05, 0.1) is 0 Å². The quantitative estimate of drug-likeness (QED) is 0.680. The van der Waals surface area contributed by atoms with Crippen molar-refractivity contribution >= 4 is 17.4 Å². The summed E-state index contributed by atoms with van der Waals surface area (Å²) in [6.07, 6.45) is 3.55. The molecule has 1 aromatic carbocycles. The van der Waals surface area contributed by atoms with Crippen LogP contribution in [0.15, 0.2) is 35.9 Å². The van der Waals surface area contributed by atoms with E-state index in [1.54, 1.807) is 11.1 Å². The minimum atomic E-state index is 0.661. The molecular weight excluding hydrogens is 236 g/mol. The van der Waals surface area contributed by atoms with Crippen LogP contribution in [0.1, 0.15) is 29.2 Å². The van der Waals surface area contributed by atoms with Gasteiger partial charge in [-0.25, -0.2) is 0 Å². The van der Waals surface area contributed by atoms with E-state index in [1.807, 2.05) is 11.3 Å². The molecule has 92 valence electrons. The Morgan fingerprint density at radius 3 is 2.50 bits per heavy atom. The molecule has 1 aliphatic rings. The third-order valence-corrected chi connectivity index (χ3v) is 4.81. The number of fused-ring (bicyclic) bond motifs is 1. The normalized spacial score (nSPS) is 13.9. The summed E-state index contributed by atoms with van der Waals surface area (Å²) in [6.45, 7) is 6.82. The molecule has 0 saturated heterocycles. The highest BCUT2D eigenvalue weighted by molar-refractivity contribution is 7.13. The van der Waals surface area contributed by atoms with Gasteiger partial charge in [-0.2, -0.15) is 0 Å². The minimum Gasteiger partial charge on any atom is -0.140 e. The number of rotatable bonds is 2. The summed E-state index contributed by atoms with van der Waals surface area (Å²) < 4.78 is 0. The molecule has 18 heavy (non-hydrogen) atoms. The van der Waals surface area contributed by atoms with Gasteiger partial charge in [-0.1, -0.05) is 49.8 Å². The van der Waals surface area contributed by atoms with E-state index in [9.17, 15) is 0 Å². The van der Waals surface area contributed by atoms with Gasteiger partial charge in [0, 0.05) is 9.75 Å². The number of hydrogen-bond donors (Lipinski definition) is 0. The van der Waals surface area contributed by atoms with Crippen LogP contribution in [0.3, 0.4) is 0 Å². The molecule has 0 bridgehead atoms. The first kappa shape index (κ1) is 11.7. The van der Waals surface area contributed by atoms with Crippen LogP contribution in [0.4, 0.5) is 0 Å². The average Bonchev–Trinajstić information content (AvgIpc) is 2.86. The van der Waals surface area contributed by atoms with Crippen LogP contribution < -0.4 is 0 Å². The molecule has 0 aliphatic heterocycles. The summed E-state index contributed by atoms with van der Waals surface area (Å²) in [4.78, 5) is 2.93. The first-order valence-electron chi connectivity index (χ1n) is 6.55. The highest BCUT2D eigenvalue weighted by Gasteiger charge is 2.22. The van der Waals surface area contributed by atoms with Gasteiger partial charge in [0.25, 0.3) is 0 Å². The first-order chi connectivity index (χ1) is 8.66. The summed E-state index contributed by atoms with van der Waals surface area (Å²) in [7, 11) is 0. The molecule has 1 heterocycles. The zero-order chi connectivity index (χ0) is 12.7. The lowest BCUT2D eigenvalue weighted by Crippen LogP contribution is -1.94. The topological polar surface area (TPSA) is 0 Å². The predicted octanol–water partition coefficient (Wildman–Crippen LogP) is 5.32. The Balaban J connectivity index is 2.08. The van der Waals surface area contributed by atoms with Crippen molar-refractivity contribution in [3.05, 3.63) is 51.2 Å². The van der Waals surface area contributed by atoms with E-state index < -0.39 is 0 Å². The van der Waals surface area contributed by atoms with Gasteiger partial charge >= 0.3 is 0 Å². The minimum absolute atomic E-state index is 0.661. The van der Waals surface area contributed by atoms with Gasteiger partial charge in [-0.3, -0.25) is 0 Å². The molecule has 0 fully saturated rings. The van der Waals surface area contributed by atoms with Crippen LogP contribution >= 0.6 is 11.3 Å². The second-order valence-electron chi connectivity index (χ2n) is 5.29. The van der Waals surface area contributed by atoms with Crippen molar-refractivity contribution in [2.45, 2.75) is 27.2 Å². The average molecular weight is 254 g/mol. The van der Waals surface area contributed by atoms with Crippen LogP contribution in [0.5, 0.6) is 0 Å². The van der Waals surface area contributed by atoms with Crippen molar-refractivity contribution < 1.29 is 0 Å². The second-order valence-corrected chi connectivity index (χ2v) is 6.55. The van der Waals surface area contributed by atoms with Crippen molar-refractivity contribution in [3.8, 4) is 11.1 Å². The standard InChI is InChI=1S/C17H18S/c1-11(2)14-9-15-16(10-14)18-12(3)17(15)13-7-5-4-6-8-13/h4-8,10-11H,9H2,1-3H3. The van der Waals surface area contributed by atoms with Gasteiger partial charge < -0.3 is 0 Å². The largest absolute Gasteiger partial charge is 0.140 e. The van der Waals surface area contributed by atoms with Crippen LogP contribution in [0.2, 0.25) is 0 Å². The summed E-state index contributed by atoms with van der Waals surface area (Å²) in [5.74, 6) is 0.661. The monoisotopic (exact) mass is 254 g/mol. The van der Waals surface area contributed by atoms with Gasteiger partial charge in [0.2, 0.25) is 0 Å². The molecule has 0 spiro atoms. The van der Waals surface area contributed by atoms with Gasteiger partial charge in [-0.05, 0) is 42.0 Å². The molecule has 0 unspecified atom stereocenters. The first-order valence-corrected chi connectivity index (χ1v) is 7.36. The van der Waals surface area contributed by atoms with E-state index in [4.69, 9.17) is 0 Å². The molecule has 0 radical (unpaired) electrons. The second kappa shape index (κ2) is 4.40. The third-order valence-electron chi connectivity index (χ3n) is 3.72. The van der Waals surface area contributed by atoms with Crippen LogP contribution in [-0.2, 0) is 6.42 Å². The predicted molar refractivity (Wildman–Crippen MR) is 81.0 cm³/mol. The lowest BCUT2D eigenvalue weighted by atomic mass is 9.96. The number of hydrogen-bond acceptors (Lipinski definition) is 1. The van der Waals surface area contributed by atoms with E-state index in [0.717, 1.165) is 6.42 Å². The molecule has 1 heteroatoms. The van der Waals surface area contributed by atoms with Crippen molar-refractivity contribution in [3.63, 3.8) is 0 Å². The Bertz CT molecular complexity index is 600. The number of allylic oxidation sites excluding steroid dienone is 1. The highest BCUT2D eigenvalue weighted by Crippen LogP contribution is 2.43. The number of benzene rings is 1. The van der Waals surface area contributed by atoms with Gasteiger partial charge in [0.1, 0.15) is 0 Å². The Hall–Kier alpha value is -1.34. The van der Waals surface area contributed by atoms with E-state index in [0.29, 0.717) is 5.92 Å². The molecule has 0 nitrogen and oxygen atoms in total. The Kier molecular flexibility index (Phi) is 2.87. The zero-order valence-corrected chi connectivity index (χ0v) is 12.0. The maximum Gasteiger partial charge on any atom is 0.0314 e. The van der Waals surface area contributed by atoms with E-state index in [-0.39, 0.29) is 0 Å². The number of thiophene rings is 1. The fraction of sp³-hybridized carbons (Fsp3) is 0.294. The lowest BCUT2D eigenvalue weighted by molar-refractivity contribution is 0.755. The molecular formula is C17H18S. The van der Waals surface area contributed by atoms with Crippen molar-refractivity contribution in [1.82, 2.24) is 0 Å². The molecule has 0 atom stereocenters. The fourth-order valence-electron chi connectivity index (χ4n) is 2.68. The van der Waals surface area contributed by atoms with Crippen molar-refractivity contribution in [2.75, 3.05) is 0 Å². The third kappa shape index (κ3) is 1.83. The van der Waals surface area contributed by atoms with E-state index >= 15 is 0 Å². The van der Waals surface area contributed by atoms with Crippen LogP contribution in [0.25, 0.3) is 17.2 Å². The number of aryl methyl sites for hydroxylation is 1. The SMILES string of the molecule is Cc1sc2c(c1-c1ccccc1)CC(C(C)C)=C2. The molecule has 2 aromatic rings. The van der Waals surface area contributed by atoms with Gasteiger partial charge in [-0.15, -0.1) is 11.3 Å². The smallest absolute Gasteiger partial charge is 0.0314 e. The maximum absolute atomic E-state index is 2.41. The van der Waals surface area contributed by atoms with Crippen LogP contribution in [0, 0.1) is 12.8 Å². The lowest BCUT2D eigenvalue weighted by Gasteiger charge is -2.08. The highest BCUT2D eigenvalue weighted by atomic mass is 32.1. The van der Waals surface area contributed by atoms with E-state index in [1.165, 1.54) is 20.9 Å². The Morgan fingerprint density at radius 2 is 1.83 bits per heavy atom. The molecule has 1 aliphatic carbocycles. The summed E-state index contributed by atoms with van der Waals surface area (Å²) in [5, 5.41) is 0. The van der Waals surface area contributed by atoms with Gasteiger partial charge in [0.15, 0.2) is 0 Å².